The molecule has 0 aromatic heterocycles. The Bertz CT molecular complexity index is 473. The Morgan fingerprint density at radius 3 is 2.79 bits per heavy atom. The Hall–Kier alpha value is -1.55. The average Bonchev–Trinajstić information content (AvgIpc) is 2.41. The number of benzene rings is 1. The molecule has 0 saturated carbocycles. The van der Waals surface area contributed by atoms with Gasteiger partial charge in [-0.25, -0.2) is 0 Å². The van der Waals surface area contributed by atoms with Crippen LogP contribution in [0.1, 0.15) is 29.8 Å². The van der Waals surface area contributed by atoms with E-state index in [1.165, 1.54) is 0 Å². The van der Waals surface area contributed by atoms with Crippen LogP contribution in [0.5, 0.6) is 5.75 Å². The Labute approximate surface area is 114 Å². The fraction of sp³-hybridized carbons (Fsp3) is 0.533. The second-order valence-electron chi connectivity index (χ2n) is 5.18. The summed E-state index contributed by atoms with van der Waals surface area (Å²) in [4.78, 5) is 16.8. The first-order valence-electron chi connectivity index (χ1n) is 6.86. The van der Waals surface area contributed by atoms with Gasteiger partial charge in [0.15, 0.2) is 0 Å². The van der Waals surface area contributed by atoms with Gasteiger partial charge in [0.25, 0.3) is 5.91 Å². The number of carbonyl (C=O) groups excluding carboxylic acids is 1. The van der Waals surface area contributed by atoms with Gasteiger partial charge in [0.2, 0.25) is 0 Å². The lowest BCUT2D eigenvalue weighted by Crippen LogP contribution is -2.53. The van der Waals surface area contributed by atoms with Gasteiger partial charge in [0, 0.05) is 36.8 Å². The topological polar surface area (TPSA) is 43.8 Å². The molecule has 4 nitrogen and oxygen atoms in total. The van der Waals surface area contributed by atoms with E-state index in [1.54, 1.807) is 25.1 Å². The van der Waals surface area contributed by atoms with E-state index in [4.69, 9.17) is 0 Å². The summed E-state index contributed by atoms with van der Waals surface area (Å²) in [6.07, 6.45) is 0. The third-order valence-corrected chi connectivity index (χ3v) is 3.99. The molecule has 1 aliphatic heterocycles. The van der Waals surface area contributed by atoms with Gasteiger partial charge in [-0.3, -0.25) is 9.69 Å². The van der Waals surface area contributed by atoms with Crippen LogP contribution in [0.25, 0.3) is 0 Å². The van der Waals surface area contributed by atoms with E-state index in [9.17, 15) is 9.90 Å². The Balaban J connectivity index is 2.15. The predicted octanol–water partition coefficient (Wildman–Crippen LogP) is 1.87. The van der Waals surface area contributed by atoms with E-state index >= 15 is 0 Å². The van der Waals surface area contributed by atoms with Gasteiger partial charge in [-0.15, -0.1) is 0 Å². The summed E-state index contributed by atoms with van der Waals surface area (Å²) in [5, 5.41) is 9.70. The fourth-order valence-electron chi connectivity index (χ4n) is 2.67. The van der Waals surface area contributed by atoms with Gasteiger partial charge < -0.3 is 10.0 Å². The molecule has 1 amide bonds. The van der Waals surface area contributed by atoms with E-state index < -0.39 is 0 Å². The summed E-state index contributed by atoms with van der Waals surface area (Å²) in [6, 6.07) is 5.51. The molecule has 1 unspecified atom stereocenters. The largest absolute Gasteiger partial charge is 0.508 e. The van der Waals surface area contributed by atoms with Crippen LogP contribution in [0.15, 0.2) is 18.2 Å². The molecule has 0 radical (unpaired) electrons. The highest BCUT2D eigenvalue weighted by Crippen LogP contribution is 2.22. The normalized spacial score (nSPS) is 20.6. The first-order chi connectivity index (χ1) is 9.04. The zero-order valence-electron chi connectivity index (χ0n) is 11.9. The van der Waals surface area contributed by atoms with Gasteiger partial charge in [-0.1, -0.05) is 13.0 Å². The zero-order valence-corrected chi connectivity index (χ0v) is 11.9. The third-order valence-electron chi connectivity index (χ3n) is 3.99. The monoisotopic (exact) mass is 262 g/mol. The zero-order chi connectivity index (χ0) is 14.0. The molecule has 0 bridgehead atoms. The van der Waals surface area contributed by atoms with Crippen LogP contribution >= 0.6 is 0 Å². The summed E-state index contributed by atoms with van der Waals surface area (Å²) in [5.74, 6) is 0.210. The fourth-order valence-corrected chi connectivity index (χ4v) is 2.67. The van der Waals surface area contributed by atoms with Crippen molar-refractivity contribution in [1.29, 1.82) is 0 Å². The lowest BCUT2D eigenvalue weighted by atomic mass is 10.1. The number of aromatic hydroxyl groups is 1. The SMILES string of the molecule is CCN1CCN(C(=O)c2cccc(O)c2C)CC1C. The summed E-state index contributed by atoms with van der Waals surface area (Å²) in [7, 11) is 0. The molecule has 0 aliphatic carbocycles. The molecule has 4 heteroatoms. The van der Waals surface area contributed by atoms with Crippen molar-refractivity contribution in [2.75, 3.05) is 26.2 Å². The van der Waals surface area contributed by atoms with E-state index in [1.807, 2.05) is 4.90 Å². The van der Waals surface area contributed by atoms with Crippen molar-refractivity contribution in [3.63, 3.8) is 0 Å². The van der Waals surface area contributed by atoms with Gasteiger partial charge in [0.1, 0.15) is 5.75 Å². The molecule has 1 aromatic carbocycles. The molecule has 2 rings (SSSR count). The van der Waals surface area contributed by atoms with Crippen LogP contribution < -0.4 is 0 Å². The van der Waals surface area contributed by atoms with Crippen LogP contribution in [0.4, 0.5) is 0 Å². The molecule has 1 heterocycles. The maximum Gasteiger partial charge on any atom is 0.254 e. The molecule has 19 heavy (non-hydrogen) atoms. The molecule has 1 N–H and O–H groups in total. The number of hydrogen-bond acceptors (Lipinski definition) is 3. The highest BCUT2D eigenvalue weighted by molar-refractivity contribution is 5.96. The van der Waals surface area contributed by atoms with Crippen molar-refractivity contribution < 1.29 is 9.90 Å². The average molecular weight is 262 g/mol. The predicted molar refractivity (Wildman–Crippen MR) is 75.5 cm³/mol. The lowest BCUT2D eigenvalue weighted by molar-refractivity contribution is 0.0527. The van der Waals surface area contributed by atoms with Crippen molar-refractivity contribution in [3.8, 4) is 5.75 Å². The summed E-state index contributed by atoms with van der Waals surface area (Å²) >= 11 is 0. The number of phenolic OH excluding ortho intramolecular Hbond substituents is 1. The van der Waals surface area contributed by atoms with Crippen molar-refractivity contribution >= 4 is 5.91 Å². The molecule has 1 fully saturated rings. The number of amides is 1. The first-order valence-corrected chi connectivity index (χ1v) is 6.86. The first kappa shape index (κ1) is 13.9. The highest BCUT2D eigenvalue weighted by atomic mass is 16.3. The maximum absolute atomic E-state index is 12.5. The number of carbonyl (C=O) groups is 1. The lowest BCUT2D eigenvalue weighted by Gasteiger charge is -2.39. The second kappa shape index (κ2) is 5.61. The molecule has 1 atom stereocenters. The minimum atomic E-state index is 0.0241. The van der Waals surface area contributed by atoms with Crippen LogP contribution in [0, 0.1) is 6.92 Å². The number of piperazine rings is 1. The van der Waals surface area contributed by atoms with E-state index in [0.717, 1.165) is 26.2 Å². The van der Waals surface area contributed by atoms with Crippen molar-refractivity contribution in [2.24, 2.45) is 0 Å². The summed E-state index contributed by atoms with van der Waals surface area (Å²) < 4.78 is 0. The molecule has 1 aromatic rings. The van der Waals surface area contributed by atoms with Crippen LogP contribution in [-0.4, -0.2) is 53.0 Å². The molecule has 104 valence electrons. The van der Waals surface area contributed by atoms with E-state index in [-0.39, 0.29) is 11.7 Å². The molecular formula is C15H22N2O2. The molecule has 0 spiro atoms. The molecule has 1 aliphatic rings. The highest BCUT2D eigenvalue weighted by Gasteiger charge is 2.27. The van der Waals surface area contributed by atoms with Gasteiger partial charge in [0.05, 0.1) is 0 Å². The standard InChI is InChI=1S/C15H22N2O2/c1-4-16-8-9-17(10-11(16)2)15(19)13-6-5-7-14(18)12(13)3/h5-7,11,18H,4,8-10H2,1-3H3. The number of likely N-dealkylation sites (N-methyl/N-ethyl adjacent to an activating group) is 1. The van der Waals surface area contributed by atoms with Gasteiger partial charge in [-0.2, -0.15) is 0 Å². The minimum absolute atomic E-state index is 0.0241. The van der Waals surface area contributed by atoms with Crippen molar-refractivity contribution in [2.45, 2.75) is 26.8 Å². The summed E-state index contributed by atoms with van der Waals surface area (Å²) in [6.45, 7) is 9.53. The number of nitrogens with zero attached hydrogens (tertiary/aromatic N) is 2. The quantitative estimate of drug-likeness (QED) is 0.885. The maximum atomic E-state index is 12.5. The number of rotatable bonds is 2. The number of phenols is 1. The third kappa shape index (κ3) is 2.73. The smallest absolute Gasteiger partial charge is 0.254 e. The Kier molecular flexibility index (Phi) is 4.10. The van der Waals surface area contributed by atoms with Gasteiger partial charge in [-0.05, 0) is 32.5 Å². The second-order valence-corrected chi connectivity index (χ2v) is 5.18. The minimum Gasteiger partial charge on any atom is -0.508 e. The Morgan fingerprint density at radius 2 is 2.16 bits per heavy atom. The van der Waals surface area contributed by atoms with Crippen molar-refractivity contribution in [3.05, 3.63) is 29.3 Å². The van der Waals surface area contributed by atoms with E-state index in [0.29, 0.717) is 17.2 Å². The summed E-state index contributed by atoms with van der Waals surface area (Å²) in [5.41, 5.74) is 1.27. The van der Waals surface area contributed by atoms with Crippen LogP contribution in [-0.2, 0) is 0 Å². The van der Waals surface area contributed by atoms with E-state index in [2.05, 4.69) is 18.7 Å². The number of hydrogen-bond donors (Lipinski definition) is 1. The molecular weight excluding hydrogens is 240 g/mol. The van der Waals surface area contributed by atoms with Crippen molar-refractivity contribution in [1.82, 2.24) is 9.80 Å². The molecule has 1 saturated heterocycles. The van der Waals surface area contributed by atoms with Gasteiger partial charge >= 0.3 is 0 Å². The Morgan fingerprint density at radius 1 is 1.42 bits per heavy atom. The van der Waals surface area contributed by atoms with Crippen LogP contribution in [0.3, 0.4) is 0 Å². The van der Waals surface area contributed by atoms with Crippen LogP contribution in [0.2, 0.25) is 0 Å².